The topological polar surface area (TPSA) is 26.0 Å². The average Bonchev–Trinajstić information content (AvgIpc) is 2.60. The molecule has 0 saturated carbocycles. The van der Waals surface area contributed by atoms with E-state index < -0.39 is 11.6 Å². The molecule has 2 rings (SSSR count). The van der Waals surface area contributed by atoms with Crippen LogP contribution in [0.2, 0.25) is 0 Å². The van der Waals surface area contributed by atoms with E-state index in [1.165, 1.54) is 0 Å². The summed E-state index contributed by atoms with van der Waals surface area (Å²) in [7, 11) is 0. The smallest absolute Gasteiger partial charge is 0.162 e. The highest BCUT2D eigenvalue weighted by atomic mass is 32.2. The standard InChI is InChI=1S/C11H13F2NS/c12-9-3-1-2-7(11(9)13)4-8-5-15-6-10(8)14/h1-3,8,10H,4-6,14H2. The van der Waals surface area contributed by atoms with E-state index in [4.69, 9.17) is 5.73 Å². The molecule has 0 amide bonds. The lowest BCUT2D eigenvalue weighted by Gasteiger charge is -2.14. The van der Waals surface area contributed by atoms with Gasteiger partial charge in [0, 0.05) is 11.8 Å². The van der Waals surface area contributed by atoms with Gasteiger partial charge in [0.05, 0.1) is 0 Å². The Balaban J connectivity index is 2.13. The lowest BCUT2D eigenvalue weighted by atomic mass is 9.95. The summed E-state index contributed by atoms with van der Waals surface area (Å²) in [5.74, 6) is 0.637. The largest absolute Gasteiger partial charge is 0.327 e. The maximum Gasteiger partial charge on any atom is 0.162 e. The van der Waals surface area contributed by atoms with Crippen molar-refractivity contribution in [2.45, 2.75) is 12.5 Å². The van der Waals surface area contributed by atoms with E-state index in [9.17, 15) is 8.78 Å². The number of nitrogens with two attached hydrogens (primary N) is 1. The SMILES string of the molecule is NC1CSCC1Cc1cccc(F)c1F. The third kappa shape index (κ3) is 2.32. The highest BCUT2D eigenvalue weighted by molar-refractivity contribution is 7.99. The number of hydrogen-bond acceptors (Lipinski definition) is 2. The van der Waals surface area contributed by atoms with Crippen molar-refractivity contribution in [1.29, 1.82) is 0 Å². The van der Waals surface area contributed by atoms with E-state index in [0.29, 0.717) is 12.0 Å². The quantitative estimate of drug-likeness (QED) is 0.841. The zero-order chi connectivity index (χ0) is 10.8. The van der Waals surface area contributed by atoms with Crippen LogP contribution in [0, 0.1) is 17.6 Å². The van der Waals surface area contributed by atoms with E-state index in [1.54, 1.807) is 23.9 Å². The zero-order valence-corrected chi connectivity index (χ0v) is 9.07. The number of thioether (sulfide) groups is 1. The first-order valence-corrected chi connectivity index (χ1v) is 6.10. The van der Waals surface area contributed by atoms with Gasteiger partial charge in [0.15, 0.2) is 11.6 Å². The van der Waals surface area contributed by atoms with Crippen molar-refractivity contribution < 1.29 is 8.78 Å². The van der Waals surface area contributed by atoms with Gasteiger partial charge in [-0.2, -0.15) is 11.8 Å². The molecule has 2 atom stereocenters. The van der Waals surface area contributed by atoms with Crippen LogP contribution in [0.4, 0.5) is 8.78 Å². The summed E-state index contributed by atoms with van der Waals surface area (Å²) >= 11 is 1.78. The average molecular weight is 229 g/mol. The van der Waals surface area contributed by atoms with Crippen LogP contribution in [0.25, 0.3) is 0 Å². The Morgan fingerprint density at radius 1 is 1.33 bits per heavy atom. The summed E-state index contributed by atoms with van der Waals surface area (Å²) in [6.07, 6.45) is 0.539. The monoisotopic (exact) mass is 229 g/mol. The zero-order valence-electron chi connectivity index (χ0n) is 8.25. The van der Waals surface area contributed by atoms with Crippen LogP contribution in [0.3, 0.4) is 0 Å². The van der Waals surface area contributed by atoms with Crippen LogP contribution in [-0.2, 0) is 6.42 Å². The maximum atomic E-state index is 13.4. The first kappa shape index (κ1) is 10.9. The molecule has 1 nitrogen and oxygen atoms in total. The Bertz CT molecular complexity index is 356. The van der Waals surface area contributed by atoms with E-state index in [1.807, 2.05) is 0 Å². The Kier molecular flexibility index (Phi) is 3.26. The fourth-order valence-corrected chi connectivity index (χ4v) is 3.16. The van der Waals surface area contributed by atoms with Crippen molar-refractivity contribution in [3.8, 4) is 0 Å². The van der Waals surface area contributed by atoms with E-state index in [2.05, 4.69) is 0 Å². The molecule has 2 N–H and O–H groups in total. The van der Waals surface area contributed by atoms with Crippen molar-refractivity contribution >= 4 is 11.8 Å². The van der Waals surface area contributed by atoms with Gasteiger partial charge in [-0.1, -0.05) is 12.1 Å². The molecule has 1 heterocycles. The molecule has 15 heavy (non-hydrogen) atoms. The third-order valence-corrected chi connectivity index (χ3v) is 4.05. The lowest BCUT2D eigenvalue weighted by molar-refractivity contribution is 0.468. The molecule has 0 aliphatic carbocycles. The summed E-state index contributed by atoms with van der Waals surface area (Å²) in [5, 5.41) is 0. The highest BCUT2D eigenvalue weighted by Crippen LogP contribution is 2.27. The minimum atomic E-state index is -0.772. The molecule has 1 aromatic rings. The molecule has 1 fully saturated rings. The molecule has 1 aliphatic heterocycles. The Morgan fingerprint density at radius 2 is 2.13 bits per heavy atom. The Morgan fingerprint density at radius 3 is 2.80 bits per heavy atom. The first-order valence-electron chi connectivity index (χ1n) is 4.94. The molecule has 0 radical (unpaired) electrons. The number of rotatable bonds is 2. The summed E-state index contributed by atoms with van der Waals surface area (Å²) in [4.78, 5) is 0. The fraction of sp³-hybridized carbons (Fsp3) is 0.455. The van der Waals surface area contributed by atoms with Crippen LogP contribution < -0.4 is 5.73 Å². The van der Waals surface area contributed by atoms with Gasteiger partial charge in [-0.15, -0.1) is 0 Å². The van der Waals surface area contributed by atoms with Gasteiger partial charge in [-0.25, -0.2) is 8.78 Å². The van der Waals surface area contributed by atoms with E-state index >= 15 is 0 Å². The van der Waals surface area contributed by atoms with Crippen LogP contribution in [-0.4, -0.2) is 17.5 Å². The second-order valence-electron chi connectivity index (χ2n) is 3.88. The van der Waals surface area contributed by atoms with Crippen LogP contribution in [0.5, 0.6) is 0 Å². The molecule has 1 aromatic carbocycles. The van der Waals surface area contributed by atoms with Gasteiger partial charge in [-0.3, -0.25) is 0 Å². The predicted molar refractivity (Wildman–Crippen MR) is 58.9 cm³/mol. The van der Waals surface area contributed by atoms with E-state index in [0.717, 1.165) is 17.6 Å². The Hall–Kier alpha value is -0.610. The van der Waals surface area contributed by atoms with Crippen LogP contribution in [0.1, 0.15) is 5.56 Å². The second kappa shape index (κ2) is 4.49. The lowest BCUT2D eigenvalue weighted by Crippen LogP contribution is -2.30. The summed E-state index contributed by atoms with van der Waals surface area (Å²) in [6, 6.07) is 4.43. The van der Waals surface area contributed by atoms with Crippen LogP contribution in [0.15, 0.2) is 18.2 Å². The third-order valence-electron chi connectivity index (χ3n) is 2.76. The molecule has 0 aromatic heterocycles. The van der Waals surface area contributed by atoms with Gasteiger partial charge in [0.1, 0.15) is 0 Å². The summed E-state index contributed by atoms with van der Waals surface area (Å²) in [5.41, 5.74) is 6.32. The van der Waals surface area contributed by atoms with Gasteiger partial charge in [-0.05, 0) is 29.7 Å². The second-order valence-corrected chi connectivity index (χ2v) is 4.95. The minimum Gasteiger partial charge on any atom is -0.327 e. The molecule has 82 valence electrons. The number of halogens is 2. The molecule has 0 bridgehead atoms. The molecular formula is C11H13F2NS. The predicted octanol–water partition coefficient (Wildman–Crippen LogP) is 2.20. The normalized spacial score (nSPS) is 25.8. The molecule has 4 heteroatoms. The number of benzene rings is 1. The number of hydrogen-bond donors (Lipinski definition) is 1. The van der Waals surface area contributed by atoms with E-state index in [-0.39, 0.29) is 12.0 Å². The van der Waals surface area contributed by atoms with Crippen LogP contribution >= 0.6 is 11.8 Å². The summed E-state index contributed by atoms with van der Waals surface area (Å²) < 4.78 is 26.3. The molecule has 1 aliphatic rings. The highest BCUT2D eigenvalue weighted by Gasteiger charge is 2.25. The minimum absolute atomic E-state index is 0.109. The molecule has 0 spiro atoms. The van der Waals surface area contributed by atoms with Crippen molar-refractivity contribution in [2.75, 3.05) is 11.5 Å². The van der Waals surface area contributed by atoms with Gasteiger partial charge in [0.25, 0.3) is 0 Å². The van der Waals surface area contributed by atoms with Crippen molar-refractivity contribution in [2.24, 2.45) is 11.7 Å². The molecule has 1 saturated heterocycles. The van der Waals surface area contributed by atoms with Gasteiger partial charge in [0.2, 0.25) is 0 Å². The Labute approximate surface area is 92.0 Å². The molecule has 2 unspecified atom stereocenters. The van der Waals surface area contributed by atoms with Crippen molar-refractivity contribution in [3.05, 3.63) is 35.4 Å². The van der Waals surface area contributed by atoms with Gasteiger partial charge < -0.3 is 5.73 Å². The summed E-state index contributed by atoms with van der Waals surface area (Å²) in [6.45, 7) is 0. The van der Waals surface area contributed by atoms with Gasteiger partial charge >= 0.3 is 0 Å². The molecular weight excluding hydrogens is 216 g/mol. The van der Waals surface area contributed by atoms with Crippen molar-refractivity contribution in [1.82, 2.24) is 0 Å². The maximum absolute atomic E-state index is 13.4. The fourth-order valence-electron chi connectivity index (χ4n) is 1.81. The first-order chi connectivity index (χ1) is 7.18. The van der Waals surface area contributed by atoms with Crippen molar-refractivity contribution in [3.63, 3.8) is 0 Å².